The van der Waals surface area contributed by atoms with Crippen LogP contribution in [-0.4, -0.2) is 45.6 Å². The lowest BCUT2D eigenvalue weighted by Crippen LogP contribution is -2.38. The van der Waals surface area contributed by atoms with Gasteiger partial charge in [0.1, 0.15) is 18.5 Å². The molecule has 5 heteroatoms. The van der Waals surface area contributed by atoms with Crippen LogP contribution in [0.2, 0.25) is 13.1 Å². The van der Waals surface area contributed by atoms with E-state index in [-0.39, 0.29) is 13.2 Å². The Labute approximate surface area is 116 Å². The first kappa shape index (κ1) is 16.2. The lowest BCUT2D eigenvalue weighted by Gasteiger charge is -2.22. The van der Waals surface area contributed by atoms with Gasteiger partial charge in [0.15, 0.2) is 0 Å². The molecule has 0 aliphatic heterocycles. The molecule has 0 spiro atoms. The van der Waals surface area contributed by atoms with Crippen LogP contribution in [0.3, 0.4) is 0 Å². The standard InChI is InChI=1S/C14H24O4Si/c1-4-18-19(2,3)12-16-10-13(15)11-17-14-8-6-5-7-9-14/h5-9,13,15H,4,10-12H2,1-3H3. The third-order valence-corrected chi connectivity index (χ3v) is 4.45. The molecule has 1 atom stereocenters. The second-order valence-corrected chi connectivity index (χ2v) is 9.08. The maximum atomic E-state index is 9.76. The summed E-state index contributed by atoms with van der Waals surface area (Å²) >= 11 is 0. The lowest BCUT2D eigenvalue weighted by molar-refractivity contribution is 0.0216. The summed E-state index contributed by atoms with van der Waals surface area (Å²) in [5.41, 5.74) is 0. The highest BCUT2D eigenvalue weighted by Crippen LogP contribution is 2.09. The number of hydrogen-bond donors (Lipinski definition) is 1. The number of ether oxygens (including phenoxy) is 2. The summed E-state index contributed by atoms with van der Waals surface area (Å²) in [5.74, 6) is 0.755. The van der Waals surface area contributed by atoms with E-state index in [0.29, 0.717) is 12.8 Å². The van der Waals surface area contributed by atoms with Crippen LogP contribution < -0.4 is 4.74 Å². The molecule has 19 heavy (non-hydrogen) atoms. The molecule has 0 heterocycles. The van der Waals surface area contributed by atoms with E-state index in [1.54, 1.807) is 0 Å². The quantitative estimate of drug-likeness (QED) is 0.706. The summed E-state index contributed by atoms with van der Waals surface area (Å²) in [4.78, 5) is 0. The Kier molecular flexibility index (Phi) is 7.08. The number of hydrogen-bond acceptors (Lipinski definition) is 4. The van der Waals surface area contributed by atoms with Crippen LogP contribution in [0.4, 0.5) is 0 Å². The number of aliphatic hydroxyl groups is 1. The Hall–Kier alpha value is -0.883. The number of para-hydroxylation sites is 1. The van der Waals surface area contributed by atoms with E-state index in [9.17, 15) is 5.11 Å². The molecular weight excluding hydrogens is 260 g/mol. The highest BCUT2D eigenvalue weighted by molar-refractivity contribution is 6.71. The zero-order valence-electron chi connectivity index (χ0n) is 12.0. The maximum Gasteiger partial charge on any atom is 0.211 e. The second-order valence-electron chi connectivity index (χ2n) is 4.99. The van der Waals surface area contributed by atoms with Crippen LogP contribution in [0.5, 0.6) is 5.75 Å². The molecule has 0 aliphatic carbocycles. The van der Waals surface area contributed by atoms with Crippen LogP contribution in [0.15, 0.2) is 30.3 Å². The van der Waals surface area contributed by atoms with Crippen LogP contribution in [-0.2, 0) is 9.16 Å². The highest BCUT2D eigenvalue weighted by atomic mass is 28.4. The van der Waals surface area contributed by atoms with Crippen molar-refractivity contribution in [3.63, 3.8) is 0 Å². The van der Waals surface area contributed by atoms with Crippen molar-refractivity contribution in [2.75, 3.05) is 26.1 Å². The van der Waals surface area contributed by atoms with Crippen molar-refractivity contribution in [2.24, 2.45) is 0 Å². The summed E-state index contributed by atoms with van der Waals surface area (Å²) in [6.07, 6.45) is -0.0323. The van der Waals surface area contributed by atoms with Crippen LogP contribution in [0.1, 0.15) is 6.92 Å². The predicted octanol–water partition coefficient (Wildman–Crippen LogP) is 2.22. The van der Waals surface area contributed by atoms with Crippen LogP contribution in [0, 0.1) is 0 Å². The minimum atomic E-state index is -1.73. The molecule has 108 valence electrons. The van der Waals surface area contributed by atoms with Gasteiger partial charge in [0.2, 0.25) is 8.32 Å². The lowest BCUT2D eigenvalue weighted by atomic mass is 10.3. The van der Waals surface area contributed by atoms with Gasteiger partial charge in [-0.25, -0.2) is 0 Å². The predicted molar refractivity (Wildman–Crippen MR) is 77.9 cm³/mol. The van der Waals surface area contributed by atoms with Gasteiger partial charge in [-0.1, -0.05) is 18.2 Å². The van der Waals surface area contributed by atoms with Gasteiger partial charge < -0.3 is 19.0 Å². The molecule has 0 radical (unpaired) electrons. The number of rotatable bonds is 9. The van der Waals surface area contributed by atoms with Crippen molar-refractivity contribution >= 4 is 8.32 Å². The molecule has 0 saturated heterocycles. The van der Waals surface area contributed by atoms with E-state index in [2.05, 4.69) is 13.1 Å². The van der Waals surface area contributed by atoms with E-state index in [1.165, 1.54) is 0 Å². The van der Waals surface area contributed by atoms with Gasteiger partial charge in [-0.3, -0.25) is 0 Å². The Morgan fingerprint density at radius 2 is 1.84 bits per heavy atom. The SMILES string of the molecule is CCO[Si](C)(C)COCC(O)COc1ccccc1. The smallest absolute Gasteiger partial charge is 0.211 e. The first-order chi connectivity index (χ1) is 9.03. The second kappa shape index (κ2) is 8.32. The maximum absolute atomic E-state index is 9.76. The summed E-state index contributed by atoms with van der Waals surface area (Å²) in [5, 5.41) is 9.76. The average Bonchev–Trinajstić information content (AvgIpc) is 2.37. The first-order valence-corrected chi connectivity index (χ1v) is 9.72. The minimum Gasteiger partial charge on any atom is -0.491 e. The highest BCUT2D eigenvalue weighted by Gasteiger charge is 2.22. The van der Waals surface area contributed by atoms with Gasteiger partial charge in [-0.05, 0) is 32.2 Å². The largest absolute Gasteiger partial charge is 0.491 e. The zero-order valence-corrected chi connectivity index (χ0v) is 13.0. The van der Waals surface area contributed by atoms with E-state index < -0.39 is 14.4 Å². The topological polar surface area (TPSA) is 47.9 Å². The third kappa shape index (κ3) is 7.32. The normalized spacial score (nSPS) is 13.3. The van der Waals surface area contributed by atoms with Crippen molar-refractivity contribution in [3.05, 3.63) is 30.3 Å². The molecule has 1 rings (SSSR count). The molecule has 0 fully saturated rings. The fourth-order valence-electron chi connectivity index (χ4n) is 1.63. The molecule has 4 nitrogen and oxygen atoms in total. The van der Waals surface area contributed by atoms with Gasteiger partial charge in [0, 0.05) is 6.61 Å². The molecule has 0 amide bonds. The van der Waals surface area contributed by atoms with Gasteiger partial charge >= 0.3 is 0 Å². The van der Waals surface area contributed by atoms with Gasteiger partial charge in [0.25, 0.3) is 0 Å². The molecule has 0 aromatic heterocycles. The Morgan fingerprint density at radius 3 is 2.47 bits per heavy atom. The first-order valence-electron chi connectivity index (χ1n) is 6.61. The van der Waals surface area contributed by atoms with E-state index in [4.69, 9.17) is 13.9 Å². The van der Waals surface area contributed by atoms with Crippen molar-refractivity contribution in [1.29, 1.82) is 0 Å². The molecule has 0 aliphatic rings. The molecule has 0 bridgehead atoms. The van der Waals surface area contributed by atoms with Gasteiger partial charge in [-0.15, -0.1) is 0 Å². The summed E-state index contributed by atoms with van der Waals surface area (Å²) in [6.45, 7) is 7.41. The Morgan fingerprint density at radius 1 is 1.16 bits per heavy atom. The van der Waals surface area contributed by atoms with Crippen molar-refractivity contribution in [3.8, 4) is 5.75 Å². The average molecular weight is 284 g/mol. The molecule has 1 aromatic rings. The van der Waals surface area contributed by atoms with Crippen molar-refractivity contribution in [2.45, 2.75) is 26.1 Å². The van der Waals surface area contributed by atoms with E-state index in [0.717, 1.165) is 5.75 Å². The summed E-state index contributed by atoms with van der Waals surface area (Å²) in [6, 6.07) is 9.44. The Bertz CT molecular complexity index is 343. The molecule has 0 saturated carbocycles. The van der Waals surface area contributed by atoms with Crippen molar-refractivity contribution in [1.82, 2.24) is 0 Å². The zero-order chi connectivity index (χ0) is 14.1. The third-order valence-electron chi connectivity index (χ3n) is 2.48. The van der Waals surface area contributed by atoms with Crippen LogP contribution in [0.25, 0.3) is 0 Å². The summed E-state index contributed by atoms with van der Waals surface area (Å²) < 4.78 is 16.6. The number of aliphatic hydroxyl groups excluding tert-OH is 1. The van der Waals surface area contributed by atoms with Crippen LogP contribution >= 0.6 is 0 Å². The summed E-state index contributed by atoms with van der Waals surface area (Å²) in [7, 11) is -1.73. The molecule has 1 N–H and O–H groups in total. The number of benzene rings is 1. The molecule has 1 aromatic carbocycles. The van der Waals surface area contributed by atoms with Gasteiger partial charge in [-0.2, -0.15) is 0 Å². The van der Waals surface area contributed by atoms with E-state index in [1.807, 2.05) is 37.3 Å². The monoisotopic (exact) mass is 284 g/mol. The van der Waals surface area contributed by atoms with Crippen molar-refractivity contribution < 1.29 is 19.0 Å². The fraction of sp³-hybridized carbons (Fsp3) is 0.571. The van der Waals surface area contributed by atoms with Gasteiger partial charge in [0.05, 0.1) is 12.8 Å². The van der Waals surface area contributed by atoms with E-state index >= 15 is 0 Å². The molecular formula is C14H24O4Si. The Balaban J connectivity index is 2.16. The molecule has 1 unspecified atom stereocenters. The fourth-order valence-corrected chi connectivity index (χ4v) is 3.10. The minimum absolute atomic E-state index is 0.237.